The highest BCUT2D eigenvalue weighted by atomic mass is 16.6. The van der Waals surface area contributed by atoms with Crippen LogP contribution >= 0.6 is 0 Å². The number of pyridine rings is 1. The van der Waals surface area contributed by atoms with Crippen molar-refractivity contribution in [2.24, 2.45) is 0 Å². The smallest absolute Gasteiger partial charge is 0.269 e. The van der Waals surface area contributed by atoms with E-state index in [9.17, 15) is 14.9 Å². The summed E-state index contributed by atoms with van der Waals surface area (Å²) < 4.78 is 2.00. The van der Waals surface area contributed by atoms with E-state index in [1.165, 1.54) is 35.5 Å². The number of aromatic nitrogens is 3. The van der Waals surface area contributed by atoms with Crippen molar-refractivity contribution in [1.29, 1.82) is 0 Å². The molecule has 0 spiro atoms. The molecular formula is C21H21N5O3. The maximum atomic E-state index is 12.3. The lowest BCUT2D eigenvalue weighted by atomic mass is 9.94. The quantitative estimate of drug-likeness (QED) is 0.513. The number of nitro groups is 1. The highest BCUT2D eigenvalue weighted by molar-refractivity contribution is 5.94. The molecule has 2 heterocycles. The van der Waals surface area contributed by atoms with E-state index in [2.05, 4.69) is 10.3 Å². The Morgan fingerprint density at radius 2 is 1.83 bits per heavy atom. The van der Waals surface area contributed by atoms with Gasteiger partial charge in [-0.15, -0.1) is 0 Å². The SMILES string of the molecule is O=C(NCCn1nc(-c2ccncc2)c2c1CCCC2)c1ccc([N+](=O)[O-])cc1. The molecule has 3 aromatic rings. The fraction of sp³-hybridized carbons (Fsp3) is 0.286. The van der Waals surface area contributed by atoms with Crippen molar-refractivity contribution in [3.8, 4) is 11.3 Å². The molecule has 1 aliphatic carbocycles. The molecule has 4 rings (SSSR count). The van der Waals surface area contributed by atoms with Crippen LogP contribution in [0.15, 0.2) is 48.8 Å². The molecule has 0 atom stereocenters. The van der Waals surface area contributed by atoms with Gasteiger partial charge < -0.3 is 5.32 Å². The van der Waals surface area contributed by atoms with E-state index >= 15 is 0 Å². The number of rotatable bonds is 6. The molecule has 0 fully saturated rings. The zero-order valence-electron chi connectivity index (χ0n) is 15.9. The van der Waals surface area contributed by atoms with Crippen LogP contribution in [-0.2, 0) is 19.4 Å². The van der Waals surface area contributed by atoms with Crippen molar-refractivity contribution >= 4 is 11.6 Å². The summed E-state index contributed by atoms with van der Waals surface area (Å²) in [5, 5.41) is 18.4. The third-order valence-corrected chi connectivity index (χ3v) is 5.16. The van der Waals surface area contributed by atoms with Crippen molar-refractivity contribution < 1.29 is 9.72 Å². The van der Waals surface area contributed by atoms with Gasteiger partial charge in [-0.2, -0.15) is 5.10 Å². The van der Waals surface area contributed by atoms with Crippen LogP contribution in [0, 0.1) is 10.1 Å². The Bertz CT molecular complexity index is 1030. The lowest BCUT2D eigenvalue weighted by Crippen LogP contribution is -2.28. The Labute approximate surface area is 167 Å². The lowest BCUT2D eigenvalue weighted by molar-refractivity contribution is -0.384. The number of fused-ring (bicyclic) bond motifs is 1. The molecule has 8 nitrogen and oxygen atoms in total. The summed E-state index contributed by atoms with van der Waals surface area (Å²) in [5.74, 6) is -0.254. The van der Waals surface area contributed by atoms with Crippen LogP contribution in [-0.4, -0.2) is 32.1 Å². The van der Waals surface area contributed by atoms with Crippen molar-refractivity contribution in [3.63, 3.8) is 0 Å². The van der Waals surface area contributed by atoms with Crippen LogP contribution in [0.4, 0.5) is 5.69 Å². The van der Waals surface area contributed by atoms with Crippen molar-refractivity contribution in [2.45, 2.75) is 32.2 Å². The minimum atomic E-state index is -0.483. The van der Waals surface area contributed by atoms with Gasteiger partial charge in [0.15, 0.2) is 0 Å². The second-order valence-electron chi connectivity index (χ2n) is 7.00. The summed E-state index contributed by atoms with van der Waals surface area (Å²) in [5.41, 5.74) is 4.97. The average Bonchev–Trinajstić information content (AvgIpc) is 3.13. The number of benzene rings is 1. The molecule has 0 bridgehead atoms. The van der Waals surface area contributed by atoms with Crippen LogP contribution in [0.3, 0.4) is 0 Å². The highest BCUT2D eigenvalue weighted by Crippen LogP contribution is 2.30. The minimum Gasteiger partial charge on any atom is -0.350 e. The Kier molecular flexibility index (Phi) is 5.33. The number of amides is 1. The van der Waals surface area contributed by atoms with Gasteiger partial charge in [0.05, 0.1) is 17.2 Å². The summed E-state index contributed by atoms with van der Waals surface area (Å²) in [6, 6.07) is 9.53. The molecule has 1 aliphatic rings. The molecule has 148 valence electrons. The summed E-state index contributed by atoms with van der Waals surface area (Å²) in [6.07, 6.45) is 7.85. The molecule has 0 unspecified atom stereocenters. The first-order valence-electron chi connectivity index (χ1n) is 9.65. The van der Waals surface area contributed by atoms with E-state index in [1.807, 2.05) is 16.8 Å². The summed E-state index contributed by atoms with van der Waals surface area (Å²) in [7, 11) is 0. The Balaban J connectivity index is 1.45. The molecule has 8 heteroatoms. The van der Waals surface area contributed by atoms with Gasteiger partial charge in [0, 0.05) is 53.5 Å². The number of carbonyl (C=O) groups excluding carboxylic acids is 1. The number of carbonyl (C=O) groups is 1. The number of non-ortho nitro benzene ring substituents is 1. The number of nitrogens with zero attached hydrogens (tertiary/aromatic N) is 4. The first-order valence-corrected chi connectivity index (χ1v) is 9.65. The Morgan fingerprint density at radius 3 is 2.55 bits per heavy atom. The molecule has 1 aromatic carbocycles. The van der Waals surface area contributed by atoms with E-state index in [0.717, 1.165) is 36.9 Å². The molecule has 1 amide bonds. The molecule has 1 N–H and O–H groups in total. The van der Waals surface area contributed by atoms with E-state index in [4.69, 9.17) is 5.10 Å². The van der Waals surface area contributed by atoms with Gasteiger partial charge in [0.1, 0.15) is 0 Å². The van der Waals surface area contributed by atoms with E-state index in [-0.39, 0.29) is 11.6 Å². The Morgan fingerprint density at radius 1 is 1.10 bits per heavy atom. The van der Waals surface area contributed by atoms with Gasteiger partial charge in [0.25, 0.3) is 11.6 Å². The maximum absolute atomic E-state index is 12.3. The van der Waals surface area contributed by atoms with Gasteiger partial charge in [0.2, 0.25) is 0 Å². The minimum absolute atomic E-state index is 0.0339. The fourth-order valence-corrected chi connectivity index (χ4v) is 3.71. The number of nitro benzene ring substituents is 1. The normalized spacial score (nSPS) is 13.0. The van der Waals surface area contributed by atoms with Crippen molar-refractivity contribution in [1.82, 2.24) is 20.1 Å². The molecular weight excluding hydrogens is 370 g/mol. The van der Waals surface area contributed by atoms with Gasteiger partial charge in [-0.1, -0.05) is 0 Å². The summed E-state index contributed by atoms with van der Waals surface area (Å²) in [4.78, 5) is 26.6. The lowest BCUT2D eigenvalue weighted by Gasteiger charge is -2.14. The summed E-state index contributed by atoms with van der Waals surface area (Å²) >= 11 is 0. The van der Waals surface area contributed by atoms with Crippen LogP contribution in [0.2, 0.25) is 0 Å². The standard InChI is InChI=1S/C21H21N5O3/c27-21(16-5-7-17(8-6-16)26(28)29)23-13-14-25-19-4-2-1-3-18(19)20(24-25)15-9-11-22-12-10-15/h5-12H,1-4,13-14H2,(H,23,27). The highest BCUT2D eigenvalue weighted by Gasteiger charge is 2.21. The maximum Gasteiger partial charge on any atom is 0.269 e. The van der Waals surface area contributed by atoms with Crippen molar-refractivity contribution in [3.05, 3.63) is 75.7 Å². The average molecular weight is 391 g/mol. The number of hydrogen-bond acceptors (Lipinski definition) is 5. The molecule has 0 saturated heterocycles. The fourth-order valence-electron chi connectivity index (χ4n) is 3.71. The second-order valence-corrected chi connectivity index (χ2v) is 7.00. The van der Waals surface area contributed by atoms with Crippen LogP contribution in [0.5, 0.6) is 0 Å². The van der Waals surface area contributed by atoms with E-state index in [0.29, 0.717) is 18.7 Å². The predicted octanol–water partition coefficient (Wildman–Crippen LogP) is 3.16. The molecule has 0 saturated carbocycles. The van der Waals surface area contributed by atoms with E-state index in [1.54, 1.807) is 12.4 Å². The molecule has 2 aromatic heterocycles. The summed E-state index contributed by atoms with van der Waals surface area (Å²) in [6.45, 7) is 1.01. The van der Waals surface area contributed by atoms with Gasteiger partial charge in [-0.05, 0) is 49.9 Å². The van der Waals surface area contributed by atoms with Gasteiger partial charge in [-0.25, -0.2) is 0 Å². The Hall–Kier alpha value is -3.55. The van der Waals surface area contributed by atoms with Crippen LogP contribution in [0.1, 0.15) is 34.5 Å². The first-order chi connectivity index (χ1) is 14.1. The monoisotopic (exact) mass is 391 g/mol. The number of nitrogens with one attached hydrogen (secondary N) is 1. The third kappa shape index (κ3) is 4.01. The topological polar surface area (TPSA) is 103 Å². The second kappa shape index (κ2) is 8.22. The zero-order valence-corrected chi connectivity index (χ0v) is 15.9. The van der Waals surface area contributed by atoms with Gasteiger partial charge >= 0.3 is 0 Å². The third-order valence-electron chi connectivity index (χ3n) is 5.16. The predicted molar refractivity (Wildman–Crippen MR) is 108 cm³/mol. The largest absolute Gasteiger partial charge is 0.350 e. The van der Waals surface area contributed by atoms with Crippen LogP contribution in [0.25, 0.3) is 11.3 Å². The zero-order chi connectivity index (χ0) is 20.2. The molecule has 0 radical (unpaired) electrons. The van der Waals surface area contributed by atoms with Crippen LogP contribution < -0.4 is 5.32 Å². The van der Waals surface area contributed by atoms with E-state index < -0.39 is 4.92 Å². The molecule has 0 aliphatic heterocycles. The van der Waals surface area contributed by atoms with Crippen molar-refractivity contribution in [2.75, 3.05) is 6.54 Å². The molecule has 29 heavy (non-hydrogen) atoms. The van der Waals surface area contributed by atoms with Gasteiger partial charge in [-0.3, -0.25) is 24.6 Å². The first kappa shape index (κ1) is 18.8. The number of hydrogen-bond donors (Lipinski definition) is 1.